The van der Waals surface area contributed by atoms with Crippen molar-refractivity contribution in [1.29, 1.82) is 0 Å². The maximum atomic E-state index is 13.4. The van der Waals surface area contributed by atoms with E-state index in [9.17, 15) is 18.3 Å². The molecule has 1 saturated heterocycles. The van der Waals surface area contributed by atoms with Gasteiger partial charge in [0.1, 0.15) is 11.5 Å². The first kappa shape index (κ1) is 30.3. The van der Waals surface area contributed by atoms with Gasteiger partial charge in [0.05, 0.1) is 36.5 Å². The second-order valence-corrected chi connectivity index (χ2v) is 13.2. The van der Waals surface area contributed by atoms with Crippen molar-refractivity contribution in [1.82, 2.24) is 9.88 Å². The zero-order valence-corrected chi connectivity index (χ0v) is 25.1. The third-order valence-electron chi connectivity index (χ3n) is 6.80. The number of methoxy groups -OCH3 is 1. The number of nitrogens with one attached hydrogen (secondary N) is 2. The zero-order chi connectivity index (χ0) is 29.9. The van der Waals surface area contributed by atoms with Gasteiger partial charge in [0.15, 0.2) is 5.75 Å². The number of aliphatic hydroxyl groups excluding tert-OH is 1. The standard InChI is InChI=1S/C30H38N4O6S/c1-19-7-8-20(13-27(19)40-24-9-11-31-22(16-24)17-34-12-10-23(35)18-34)29(36)32-25-14-21(30(2,3)4)15-26(28(25)39-5)33-41(6,37)38/h7-9,11,13-16,23,33,35H,10,12,17-18H2,1-6H3,(H,32,36)/t23-/m1/s1. The van der Waals surface area contributed by atoms with E-state index in [1.54, 1.807) is 42.6 Å². The summed E-state index contributed by atoms with van der Waals surface area (Å²) >= 11 is 0. The molecule has 2 aromatic carbocycles. The summed E-state index contributed by atoms with van der Waals surface area (Å²) in [6, 6.07) is 12.3. The summed E-state index contributed by atoms with van der Waals surface area (Å²) < 4.78 is 38.3. The van der Waals surface area contributed by atoms with Crippen LogP contribution in [0.5, 0.6) is 17.2 Å². The summed E-state index contributed by atoms with van der Waals surface area (Å²) in [6.45, 7) is 9.93. The predicted octanol–water partition coefficient (Wildman–Crippen LogP) is 4.68. The quantitative estimate of drug-likeness (QED) is 0.332. The van der Waals surface area contributed by atoms with E-state index in [-0.39, 0.29) is 23.0 Å². The molecule has 41 heavy (non-hydrogen) atoms. The van der Waals surface area contributed by atoms with E-state index in [1.165, 1.54) is 7.11 Å². The molecule has 220 valence electrons. The SMILES string of the molecule is COc1c(NC(=O)c2ccc(C)c(Oc3ccnc(CN4CC[C@@H](O)C4)c3)c2)cc(C(C)(C)C)cc1NS(C)(=O)=O. The molecule has 0 spiro atoms. The molecule has 10 nitrogen and oxygen atoms in total. The van der Waals surface area contributed by atoms with Crippen molar-refractivity contribution in [3.63, 3.8) is 0 Å². The third-order valence-corrected chi connectivity index (χ3v) is 7.39. The Morgan fingerprint density at radius 3 is 2.51 bits per heavy atom. The number of aromatic nitrogens is 1. The fourth-order valence-electron chi connectivity index (χ4n) is 4.61. The topological polar surface area (TPSA) is 130 Å². The summed E-state index contributed by atoms with van der Waals surface area (Å²) in [7, 11) is -2.18. The summed E-state index contributed by atoms with van der Waals surface area (Å²) in [4.78, 5) is 20.0. The fraction of sp³-hybridized carbons (Fsp3) is 0.400. The van der Waals surface area contributed by atoms with Gasteiger partial charge in [-0.2, -0.15) is 0 Å². The Morgan fingerprint density at radius 2 is 1.88 bits per heavy atom. The van der Waals surface area contributed by atoms with Crippen LogP contribution in [0.4, 0.5) is 11.4 Å². The van der Waals surface area contributed by atoms with Crippen molar-refractivity contribution in [2.45, 2.75) is 52.2 Å². The lowest BCUT2D eigenvalue weighted by Gasteiger charge is -2.24. The number of aliphatic hydroxyl groups is 1. The number of likely N-dealkylation sites (tertiary alicyclic amines) is 1. The summed E-state index contributed by atoms with van der Waals surface area (Å²) in [6.07, 6.45) is 3.20. The number of carbonyl (C=O) groups excluding carboxylic acids is 1. The van der Waals surface area contributed by atoms with E-state index in [1.807, 2.05) is 33.8 Å². The molecular weight excluding hydrogens is 544 g/mol. The van der Waals surface area contributed by atoms with Crippen LogP contribution in [-0.2, 0) is 22.0 Å². The van der Waals surface area contributed by atoms with Gasteiger partial charge in [-0.25, -0.2) is 8.42 Å². The fourth-order valence-corrected chi connectivity index (χ4v) is 5.16. The lowest BCUT2D eigenvalue weighted by Crippen LogP contribution is -2.22. The molecule has 0 bridgehead atoms. The second-order valence-electron chi connectivity index (χ2n) is 11.4. The molecule has 2 heterocycles. The zero-order valence-electron chi connectivity index (χ0n) is 24.3. The minimum atomic E-state index is -3.60. The van der Waals surface area contributed by atoms with Crippen LogP contribution in [0.25, 0.3) is 0 Å². The third kappa shape index (κ3) is 7.96. The molecule has 1 fully saturated rings. The molecule has 1 amide bonds. The van der Waals surface area contributed by atoms with E-state index in [2.05, 4.69) is 19.9 Å². The number of ether oxygens (including phenoxy) is 2. The maximum Gasteiger partial charge on any atom is 0.255 e. The second kappa shape index (κ2) is 12.1. The number of rotatable bonds is 9. The Morgan fingerprint density at radius 1 is 1.15 bits per heavy atom. The molecule has 0 radical (unpaired) electrons. The lowest BCUT2D eigenvalue weighted by atomic mass is 9.86. The number of nitrogens with zero attached hydrogens (tertiary/aromatic N) is 2. The van der Waals surface area contributed by atoms with Gasteiger partial charge in [0, 0.05) is 37.5 Å². The van der Waals surface area contributed by atoms with Gasteiger partial charge >= 0.3 is 0 Å². The number of pyridine rings is 1. The van der Waals surface area contributed by atoms with Crippen LogP contribution in [0.2, 0.25) is 0 Å². The number of anilines is 2. The van der Waals surface area contributed by atoms with Gasteiger partial charge in [-0.3, -0.25) is 19.4 Å². The molecule has 3 aromatic rings. The van der Waals surface area contributed by atoms with Crippen molar-refractivity contribution in [3.05, 3.63) is 71.0 Å². The molecule has 0 saturated carbocycles. The van der Waals surface area contributed by atoms with E-state index >= 15 is 0 Å². The number of benzene rings is 2. The Hall–Kier alpha value is -3.67. The average molecular weight is 583 g/mol. The van der Waals surface area contributed by atoms with Crippen LogP contribution in [0.1, 0.15) is 54.4 Å². The first-order valence-electron chi connectivity index (χ1n) is 13.4. The molecule has 1 aliphatic heterocycles. The van der Waals surface area contributed by atoms with Crippen molar-refractivity contribution < 1.29 is 27.8 Å². The number of β-amino-alcohol motifs (C(OH)–C–C–N with tert-alkyl or cyclic N) is 1. The summed E-state index contributed by atoms with van der Waals surface area (Å²) in [5.74, 6) is 0.899. The largest absolute Gasteiger partial charge is 0.492 e. The van der Waals surface area contributed by atoms with Crippen LogP contribution in [0.3, 0.4) is 0 Å². The highest BCUT2D eigenvalue weighted by Gasteiger charge is 2.23. The van der Waals surface area contributed by atoms with Gasteiger partial charge in [0.25, 0.3) is 5.91 Å². The van der Waals surface area contributed by atoms with Crippen LogP contribution < -0.4 is 19.5 Å². The Labute approximate surface area is 241 Å². The first-order valence-corrected chi connectivity index (χ1v) is 15.3. The number of sulfonamides is 1. The molecule has 1 aliphatic rings. The van der Waals surface area contributed by atoms with Crippen LogP contribution in [0, 0.1) is 6.92 Å². The Kier molecular flexibility index (Phi) is 8.91. The number of aryl methyl sites for hydroxylation is 1. The van der Waals surface area contributed by atoms with Crippen LogP contribution >= 0.6 is 0 Å². The predicted molar refractivity (Wildman–Crippen MR) is 160 cm³/mol. The highest BCUT2D eigenvalue weighted by molar-refractivity contribution is 7.92. The first-order chi connectivity index (χ1) is 19.2. The smallest absolute Gasteiger partial charge is 0.255 e. The molecule has 0 unspecified atom stereocenters. The average Bonchev–Trinajstić information content (AvgIpc) is 3.28. The molecule has 1 aromatic heterocycles. The number of carbonyl (C=O) groups is 1. The van der Waals surface area contributed by atoms with Crippen molar-refractivity contribution in [2.24, 2.45) is 0 Å². The molecule has 0 aliphatic carbocycles. The number of amides is 1. The van der Waals surface area contributed by atoms with Crippen LogP contribution in [0.15, 0.2) is 48.7 Å². The lowest BCUT2D eigenvalue weighted by molar-refractivity contribution is 0.102. The van der Waals surface area contributed by atoms with Gasteiger partial charge < -0.3 is 19.9 Å². The Balaban J connectivity index is 1.59. The molecule has 1 atom stereocenters. The molecule has 11 heteroatoms. The van der Waals surface area contributed by atoms with E-state index in [0.717, 1.165) is 36.0 Å². The minimum Gasteiger partial charge on any atom is -0.492 e. The number of hydrogen-bond acceptors (Lipinski definition) is 8. The minimum absolute atomic E-state index is 0.204. The van der Waals surface area contributed by atoms with Crippen molar-refractivity contribution in [2.75, 3.05) is 36.5 Å². The molecular formula is C30H38N4O6S. The van der Waals surface area contributed by atoms with Crippen molar-refractivity contribution >= 4 is 27.3 Å². The van der Waals surface area contributed by atoms with E-state index in [4.69, 9.17) is 9.47 Å². The maximum absolute atomic E-state index is 13.4. The van der Waals surface area contributed by atoms with E-state index in [0.29, 0.717) is 35.8 Å². The number of hydrogen-bond donors (Lipinski definition) is 3. The summed E-state index contributed by atoms with van der Waals surface area (Å²) in [5.41, 5.74) is 3.08. The van der Waals surface area contributed by atoms with Gasteiger partial charge in [-0.15, -0.1) is 0 Å². The monoisotopic (exact) mass is 582 g/mol. The van der Waals surface area contributed by atoms with Crippen LogP contribution in [-0.4, -0.2) is 61.9 Å². The van der Waals surface area contributed by atoms with Gasteiger partial charge in [-0.1, -0.05) is 26.8 Å². The highest BCUT2D eigenvalue weighted by Crippen LogP contribution is 2.39. The highest BCUT2D eigenvalue weighted by atomic mass is 32.2. The van der Waals surface area contributed by atoms with Gasteiger partial charge in [-0.05, 0) is 60.2 Å². The normalized spacial score (nSPS) is 15.9. The molecule has 3 N–H and O–H groups in total. The summed E-state index contributed by atoms with van der Waals surface area (Å²) in [5, 5.41) is 12.7. The van der Waals surface area contributed by atoms with Crippen molar-refractivity contribution in [3.8, 4) is 17.2 Å². The Bertz CT molecular complexity index is 1530. The van der Waals surface area contributed by atoms with E-state index < -0.39 is 15.9 Å². The molecule has 4 rings (SSSR count). The van der Waals surface area contributed by atoms with Gasteiger partial charge in [0.2, 0.25) is 10.0 Å².